The topological polar surface area (TPSA) is 167 Å². The van der Waals surface area contributed by atoms with Gasteiger partial charge in [0, 0.05) is 17.7 Å². The van der Waals surface area contributed by atoms with Gasteiger partial charge in [-0.1, -0.05) is 42.5 Å². The summed E-state index contributed by atoms with van der Waals surface area (Å²) in [5.41, 5.74) is 9.54. The van der Waals surface area contributed by atoms with Crippen molar-refractivity contribution in [3.05, 3.63) is 101 Å². The molecule has 210 valence electrons. The number of amides is 1. The first kappa shape index (κ1) is 29.5. The van der Waals surface area contributed by atoms with E-state index in [4.69, 9.17) is 11.1 Å². The number of carboxylic acid groups (broad SMARTS) is 1. The number of sulfonamides is 1. The Kier molecular flexibility index (Phi) is 8.57. The molecule has 0 saturated heterocycles. The second-order valence-corrected chi connectivity index (χ2v) is 11.6. The molecule has 0 aliphatic carbocycles. The van der Waals surface area contributed by atoms with E-state index in [2.05, 4.69) is 10.3 Å². The summed E-state index contributed by atoms with van der Waals surface area (Å²) in [5.74, 6) is -1.69. The third-order valence-electron chi connectivity index (χ3n) is 6.28. The molecule has 0 unspecified atom stereocenters. The molecule has 1 aromatic heterocycles. The maximum atomic E-state index is 13.6. The Hall–Kier alpha value is -4.52. The van der Waals surface area contributed by atoms with E-state index in [9.17, 15) is 23.1 Å². The molecule has 0 spiro atoms. The molecule has 5 aromatic rings. The lowest BCUT2D eigenvalue weighted by atomic mass is 10.0. The number of carboxylic acids is 1. The van der Waals surface area contributed by atoms with Gasteiger partial charge >= 0.3 is 5.97 Å². The summed E-state index contributed by atoms with van der Waals surface area (Å²) in [6.45, 7) is -0.537. The third kappa shape index (κ3) is 6.14. The van der Waals surface area contributed by atoms with Crippen LogP contribution in [0.15, 0.2) is 89.3 Å². The zero-order valence-electron chi connectivity index (χ0n) is 21.3. The maximum absolute atomic E-state index is 13.6. The number of halogens is 1. The Morgan fingerprint density at radius 3 is 2.49 bits per heavy atom. The van der Waals surface area contributed by atoms with Gasteiger partial charge in [-0.05, 0) is 52.7 Å². The summed E-state index contributed by atoms with van der Waals surface area (Å²) in [6.07, 6.45) is 0. The number of benzene rings is 4. The minimum Gasteiger partial charge on any atom is -0.480 e. The molecule has 4 aromatic carbocycles. The summed E-state index contributed by atoms with van der Waals surface area (Å²) in [6, 6.07) is 21.2. The average molecular weight is 610 g/mol. The number of aromatic nitrogens is 1. The fourth-order valence-corrected chi connectivity index (χ4v) is 6.35. The summed E-state index contributed by atoms with van der Waals surface area (Å²) in [4.78, 5) is 28.8. The van der Waals surface area contributed by atoms with Gasteiger partial charge in [-0.15, -0.1) is 23.7 Å². The van der Waals surface area contributed by atoms with Crippen LogP contribution in [-0.2, 0) is 21.4 Å². The molecule has 0 fully saturated rings. The molecule has 0 atom stereocenters. The van der Waals surface area contributed by atoms with E-state index < -0.39 is 22.5 Å². The van der Waals surface area contributed by atoms with Crippen molar-refractivity contribution < 1.29 is 23.1 Å². The number of thiazole rings is 1. The van der Waals surface area contributed by atoms with Crippen molar-refractivity contribution in [2.24, 2.45) is 5.73 Å². The van der Waals surface area contributed by atoms with Gasteiger partial charge in [0.2, 0.25) is 0 Å². The van der Waals surface area contributed by atoms with Crippen molar-refractivity contribution in [1.29, 1.82) is 5.41 Å². The van der Waals surface area contributed by atoms with E-state index in [0.717, 1.165) is 14.6 Å². The number of carbonyl (C=O) groups excluding carboxylic acids is 1. The SMILES string of the molecule is Cl.N=C(N)c1ccc(CNC(=O)c2cccc3cc(N(CC(=O)O)S(=O)(=O)c4ccc5scnc5c4)ccc23)cc1. The number of nitrogens with one attached hydrogen (secondary N) is 2. The molecule has 0 saturated carbocycles. The molecule has 0 radical (unpaired) electrons. The van der Waals surface area contributed by atoms with E-state index in [-0.39, 0.29) is 41.3 Å². The highest BCUT2D eigenvalue weighted by atomic mass is 35.5. The lowest BCUT2D eigenvalue weighted by Crippen LogP contribution is -2.35. The molecule has 0 aliphatic heterocycles. The van der Waals surface area contributed by atoms with Crippen molar-refractivity contribution in [3.8, 4) is 0 Å². The van der Waals surface area contributed by atoms with Crippen molar-refractivity contribution in [1.82, 2.24) is 10.3 Å². The number of nitrogen functional groups attached to an aromatic ring is 1. The summed E-state index contributed by atoms with van der Waals surface area (Å²) in [7, 11) is -4.24. The number of nitrogens with two attached hydrogens (primary N) is 1. The predicted octanol–water partition coefficient (Wildman–Crippen LogP) is 4.37. The highest BCUT2D eigenvalue weighted by Crippen LogP contribution is 2.30. The molecule has 1 amide bonds. The van der Waals surface area contributed by atoms with Crippen molar-refractivity contribution in [2.75, 3.05) is 10.8 Å². The van der Waals surface area contributed by atoms with Crippen LogP contribution in [0.25, 0.3) is 21.0 Å². The molecular weight excluding hydrogens is 586 g/mol. The normalized spacial score (nSPS) is 11.1. The van der Waals surface area contributed by atoms with Gasteiger partial charge in [0.1, 0.15) is 12.4 Å². The van der Waals surface area contributed by atoms with Crippen LogP contribution < -0.4 is 15.4 Å². The number of nitrogens with zero attached hydrogens (tertiary/aromatic N) is 2. The van der Waals surface area contributed by atoms with Crippen LogP contribution in [0.1, 0.15) is 21.5 Å². The summed E-state index contributed by atoms with van der Waals surface area (Å²) < 4.78 is 28.8. The van der Waals surface area contributed by atoms with Gasteiger partial charge in [-0.25, -0.2) is 13.4 Å². The predicted molar refractivity (Wildman–Crippen MR) is 162 cm³/mol. The quantitative estimate of drug-likeness (QED) is 0.142. The first-order valence-electron chi connectivity index (χ1n) is 12.0. The lowest BCUT2D eigenvalue weighted by Gasteiger charge is -2.23. The van der Waals surface area contributed by atoms with Crippen LogP contribution in [0.5, 0.6) is 0 Å². The number of hydrogen-bond acceptors (Lipinski definition) is 7. The van der Waals surface area contributed by atoms with Crippen molar-refractivity contribution in [3.63, 3.8) is 0 Å². The molecule has 10 nitrogen and oxygen atoms in total. The standard InChI is InChI=1S/C28H23N5O5S2.ClH/c29-27(30)18-6-4-17(5-7-18)14-31-28(36)23-3-1-2-19-12-20(8-10-22(19)23)33(15-26(34)35)40(37,38)21-9-11-25-24(13-21)32-16-39-25;/h1-13,16H,14-15H2,(H3,29,30)(H,31,36)(H,34,35);1H. The van der Waals surface area contributed by atoms with Crippen LogP contribution in [-0.4, -0.2) is 42.8 Å². The zero-order valence-corrected chi connectivity index (χ0v) is 23.7. The first-order valence-corrected chi connectivity index (χ1v) is 14.3. The minimum absolute atomic E-state index is 0. The summed E-state index contributed by atoms with van der Waals surface area (Å²) >= 11 is 1.37. The van der Waals surface area contributed by atoms with Gasteiger partial charge in [0.05, 0.1) is 26.3 Å². The highest BCUT2D eigenvalue weighted by Gasteiger charge is 2.28. The lowest BCUT2D eigenvalue weighted by molar-refractivity contribution is -0.135. The van der Waals surface area contributed by atoms with Crippen LogP contribution in [0.2, 0.25) is 0 Å². The number of amidine groups is 1. The Morgan fingerprint density at radius 1 is 1.02 bits per heavy atom. The summed E-state index contributed by atoms with van der Waals surface area (Å²) in [5, 5.41) is 21.0. The first-order chi connectivity index (χ1) is 19.1. The van der Waals surface area contributed by atoms with Crippen LogP contribution in [0.4, 0.5) is 5.69 Å². The van der Waals surface area contributed by atoms with Gasteiger partial charge in [0.15, 0.2) is 0 Å². The van der Waals surface area contributed by atoms with Crippen molar-refractivity contribution in [2.45, 2.75) is 11.4 Å². The third-order valence-corrected chi connectivity index (χ3v) is 8.86. The van der Waals surface area contributed by atoms with Gasteiger partial charge in [0.25, 0.3) is 15.9 Å². The van der Waals surface area contributed by atoms with Crippen LogP contribution in [0, 0.1) is 5.41 Å². The second-order valence-electron chi connectivity index (χ2n) is 8.89. The number of carbonyl (C=O) groups is 2. The van der Waals surface area contributed by atoms with E-state index in [1.165, 1.54) is 29.5 Å². The number of fused-ring (bicyclic) bond motifs is 2. The van der Waals surface area contributed by atoms with E-state index in [1.807, 2.05) is 0 Å². The zero-order chi connectivity index (χ0) is 28.4. The number of aliphatic carboxylic acids is 1. The average Bonchev–Trinajstić information content (AvgIpc) is 3.42. The largest absolute Gasteiger partial charge is 0.480 e. The Morgan fingerprint density at radius 2 is 1.78 bits per heavy atom. The fourth-order valence-electron chi connectivity index (χ4n) is 4.27. The Bertz CT molecular complexity index is 1890. The second kappa shape index (κ2) is 11.9. The fraction of sp³-hybridized carbons (Fsp3) is 0.0714. The number of rotatable bonds is 9. The van der Waals surface area contributed by atoms with Crippen molar-refractivity contribution >= 4 is 78.2 Å². The Labute approximate surface area is 245 Å². The molecule has 13 heteroatoms. The van der Waals surface area contributed by atoms with E-state index in [1.54, 1.807) is 66.2 Å². The monoisotopic (exact) mass is 609 g/mol. The molecule has 0 aliphatic rings. The molecule has 1 heterocycles. The van der Waals surface area contributed by atoms with Gasteiger partial charge in [-0.2, -0.15) is 0 Å². The Balaban J connectivity index is 0.00000387. The smallest absolute Gasteiger partial charge is 0.324 e. The van der Waals surface area contributed by atoms with Crippen LogP contribution in [0.3, 0.4) is 0 Å². The molecular formula is C28H24ClN5O5S2. The number of hydrogen-bond donors (Lipinski definition) is 4. The minimum atomic E-state index is -4.24. The van der Waals surface area contributed by atoms with Gasteiger partial charge < -0.3 is 16.2 Å². The highest BCUT2D eigenvalue weighted by molar-refractivity contribution is 7.92. The van der Waals surface area contributed by atoms with Gasteiger partial charge in [-0.3, -0.25) is 19.3 Å². The molecule has 5 N–H and O–H groups in total. The molecule has 41 heavy (non-hydrogen) atoms. The number of anilines is 1. The van der Waals surface area contributed by atoms with E-state index in [0.29, 0.717) is 27.4 Å². The molecule has 5 rings (SSSR count). The van der Waals surface area contributed by atoms with E-state index >= 15 is 0 Å². The maximum Gasteiger partial charge on any atom is 0.324 e. The van der Waals surface area contributed by atoms with Crippen LogP contribution >= 0.6 is 23.7 Å². The molecule has 0 bridgehead atoms.